The maximum Gasteiger partial charge on any atom is 0.0591 e. The van der Waals surface area contributed by atoms with Crippen LogP contribution >= 0.6 is 0 Å². The summed E-state index contributed by atoms with van der Waals surface area (Å²) in [7, 11) is 0. The fraction of sp³-hybridized carbons (Fsp3) is 1.00. The predicted octanol–water partition coefficient (Wildman–Crippen LogP) is 1.02. The van der Waals surface area contributed by atoms with Crippen LogP contribution in [0.4, 0.5) is 0 Å². The molecule has 13 heavy (non-hydrogen) atoms. The second kappa shape index (κ2) is 8.48. The Balaban J connectivity index is 2.99. The van der Waals surface area contributed by atoms with Crippen molar-refractivity contribution in [2.45, 2.75) is 33.2 Å². The van der Waals surface area contributed by atoms with Gasteiger partial charge in [0, 0.05) is 19.2 Å². The predicted molar refractivity (Wildman–Crippen MR) is 54.8 cm³/mol. The standard InChI is InChI=1S/C10H23NO2/c1-9(2)4-6-13-7-5-11-10(3)8-12/h9-12H,4-8H2,1-3H3. The van der Waals surface area contributed by atoms with Crippen LogP contribution in [0.2, 0.25) is 0 Å². The molecule has 0 spiro atoms. The van der Waals surface area contributed by atoms with Crippen molar-refractivity contribution in [3.8, 4) is 0 Å². The van der Waals surface area contributed by atoms with Gasteiger partial charge in [0.2, 0.25) is 0 Å². The summed E-state index contributed by atoms with van der Waals surface area (Å²) in [4.78, 5) is 0. The monoisotopic (exact) mass is 189 g/mol. The minimum absolute atomic E-state index is 0.175. The topological polar surface area (TPSA) is 41.5 Å². The van der Waals surface area contributed by atoms with Crippen molar-refractivity contribution in [1.29, 1.82) is 0 Å². The van der Waals surface area contributed by atoms with Crippen molar-refractivity contribution in [3.63, 3.8) is 0 Å². The van der Waals surface area contributed by atoms with E-state index in [1.54, 1.807) is 0 Å². The van der Waals surface area contributed by atoms with Gasteiger partial charge < -0.3 is 15.2 Å². The molecule has 0 aliphatic rings. The van der Waals surface area contributed by atoms with Gasteiger partial charge in [-0.2, -0.15) is 0 Å². The minimum Gasteiger partial charge on any atom is -0.395 e. The smallest absolute Gasteiger partial charge is 0.0591 e. The lowest BCUT2D eigenvalue weighted by Crippen LogP contribution is -2.32. The van der Waals surface area contributed by atoms with Gasteiger partial charge in [-0.25, -0.2) is 0 Å². The molecule has 1 atom stereocenters. The molecule has 0 aromatic carbocycles. The summed E-state index contributed by atoms with van der Waals surface area (Å²) >= 11 is 0. The first-order chi connectivity index (χ1) is 6.16. The maximum absolute atomic E-state index is 8.71. The number of aliphatic hydroxyl groups is 1. The Labute approximate surface area is 81.5 Å². The van der Waals surface area contributed by atoms with E-state index in [2.05, 4.69) is 19.2 Å². The SMILES string of the molecule is CC(C)CCOCCNC(C)CO. The van der Waals surface area contributed by atoms with Crippen LogP contribution in [0.15, 0.2) is 0 Å². The fourth-order valence-corrected chi connectivity index (χ4v) is 0.863. The lowest BCUT2D eigenvalue weighted by molar-refractivity contribution is 0.121. The van der Waals surface area contributed by atoms with Crippen molar-refractivity contribution < 1.29 is 9.84 Å². The molecular weight excluding hydrogens is 166 g/mol. The van der Waals surface area contributed by atoms with Crippen LogP contribution in [0, 0.1) is 5.92 Å². The number of hydrogen-bond acceptors (Lipinski definition) is 3. The van der Waals surface area contributed by atoms with Gasteiger partial charge in [0.15, 0.2) is 0 Å². The third-order valence-electron chi connectivity index (χ3n) is 1.85. The number of aliphatic hydroxyl groups excluding tert-OH is 1. The Hall–Kier alpha value is -0.120. The van der Waals surface area contributed by atoms with Gasteiger partial charge >= 0.3 is 0 Å². The number of hydrogen-bond donors (Lipinski definition) is 2. The van der Waals surface area contributed by atoms with Crippen molar-refractivity contribution in [1.82, 2.24) is 5.32 Å². The molecule has 0 aliphatic carbocycles. The molecule has 0 amide bonds. The molecule has 0 rings (SSSR count). The number of nitrogens with one attached hydrogen (secondary N) is 1. The van der Waals surface area contributed by atoms with Gasteiger partial charge in [0.05, 0.1) is 13.2 Å². The maximum atomic E-state index is 8.71. The van der Waals surface area contributed by atoms with E-state index < -0.39 is 0 Å². The van der Waals surface area contributed by atoms with Gasteiger partial charge in [-0.3, -0.25) is 0 Å². The lowest BCUT2D eigenvalue weighted by atomic mass is 10.1. The third kappa shape index (κ3) is 9.80. The third-order valence-corrected chi connectivity index (χ3v) is 1.85. The largest absolute Gasteiger partial charge is 0.395 e. The van der Waals surface area contributed by atoms with Crippen LogP contribution < -0.4 is 5.32 Å². The second-order valence-electron chi connectivity index (χ2n) is 3.83. The molecule has 0 aliphatic heterocycles. The summed E-state index contributed by atoms with van der Waals surface area (Å²) in [5.74, 6) is 0.712. The zero-order chi connectivity index (χ0) is 10.1. The van der Waals surface area contributed by atoms with Gasteiger partial charge in [0.25, 0.3) is 0 Å². The Morgan fingerprint density at radius 3 is 2.46 bits per heavy atom. The van der Waals surface area contributed by atoms with E-state index in [0.29, 0.717) is 5.92 Å². The van der Waals surface area contributed by atoms with E-state index in [1.165, 1.54) is 0 Å². The van der Waals surface area contributed by atoms with Gasteiger partial charge in [-0.1, -0.05) is 13.8 Å². The van der Waals surface area contributed by atoms with Crippen molar-refractivity contribution in [3.05, 3.63) is 0 Å². The molecule has 0 radical (unpaired) electrons. The van der Waals surface area contributed by atoms with Crippen LogP contribution in [0.1, 0.15) is 27.2 Å². The normalized spacial score (nSPS) is 13.6. The molecule has 3 heteroatoms. The van der Waals surface area contributed by atoms with Crippen LogP contribution in [0.3, 0.4) is 0 Å². The molecule has 2 N–H and O–H groups in total. The average Bonchev–Trinajstić information content (AvgIpc) is 2.10. The first-order valence-corrected chi connectivity index (χ1v) is 5.08. The highest BCUT2D eigenvalue weighted by molar-refractivity contribution is 4.56. The van der Waals surface area contributed by atoms with Crippen LogP contribution in [0.5, 0.6) is 0 Å². The molecule has 1 unspecified atom stereocenters. The van der Waals surface area contributed by atoms with E-state index >= 15 is 0 Å². The molecule has 0 saturated heterocycles. The Morgan fingerprint density at radius 2 is 1.92 bits per heavy atom. The van der Waals surface area contributed by atoms with Gasteiger partial charge in [0.1, 0.15) is 0 Å². The summed E-state index contributed by atoms with van der Waals surface area (Å²) in [6.07, 6.45) is 1.12. The van der Waals surface area contributed by atoms with Gasteiger partial charge in [-0.05, 0) is 19.3 Å². The summed E-state index contributed by atoms with van der Waals surface area (Å²) in [5, 5.41) is 11.9. The highest BCUT2D eigenvalue weighted by Crippen LogP contribution is 1.98. The summed E-state index contributed by atoms with van der Waals surface area (Å²) in [5.41, 5.74) is 0. The molecule has 0 fully saturated rings. The highest BCUT2D eigenvalue weighted by Gasteiger charge is 1.97. The summed E-state index contributed by atoms with van der Waals surface area (Å²) < 4.78 is 5.40. The van der Waals surface area contributed by atoms with E-state index in [1.807, 2.05) is 6.92 Å². The van der Waals surface area contributed by atoms with E-state index in [0.717, 1.165) is 26.2 Å². The minimum atomic E-state index is 0.175. The molecule has 0 heterocycles. The Morgan fingerprint density at radius 1 is 1.23 bits per heavy atom. The molecule has 3 nitrogen and oxygen atoms in total. The zero-order valence-electron chi connectivity index (χ0n) is 9.05. The number of rotatable bonds is 8. The van der Waals surface area contributed by atoms with Crippen LogP contribution in [-0.2, 0) is 4.74 Å². The average molecular weight is 189 g/mol. The van der Waals surface area contributed by atoms with Crippen molar-refractivity contribution in [2.75, 3.05) is 26.4 Å². The first-order valence-electron chi connectivity index (χ1n) is 5.08. The Kier molecular flexibility index (Phi) is 8.40. The second-order valence-corrected chi connectivity index (χ2v) is 3.83. The molecular formula is C10H23NO2. The fourth-order valence-electron chi connectivity index (χ4n) is 0.863. The molecule has 0 saturated carbocycles. The molecule has 0 aromatic heterocycles. The Bertz CT molecular complexity index is 107. The lowest BCUT2D eigenvalue weighted by Gasteiger charge is -2.11. The van der Waals surface area contributed by atoms with E-state index in [9.17, 15) is 0 Å². The molecule has 80 valence electrons. The van der Waals surface area contributed by atoms with Crippen LogP contribution in [-0.4, -0.2) is 37.5 Å². The van der Waals surface area contributed by atoms with E-state index in [4.69, 9.17) is 9.84 Å². The van der Waals surface area contributed by atoms with Gasteiger partial charge in [-0.15, -0.1) is 0 Å². The van der Waals surface area contributed by atoms with Crippen molar-refractivity contribution >= 4 is 0 Å². The van der Waals surface area contributed by atoms with E-state index in [-0.39, 0.29) is 12.6 Å². The summed E-state index contributed by atoms with van der Waals surface area (Å²) in [6.45, 7) is 8.91. The summed E-state index contributed by atoms with van der Waals surface area (Å²) in [6, 6.07) is 0.175. The molecule has 0 aromatic rings. The zero-order valence-corrected chi connectivity index (χ0v) is 9.05. The number of ether oxygens (including phenoxy) is 1. The molecule has 0 bridgehead atoms. The quantitative estimate of drug-likeness (QED) is 0.560. The van der Waals surface area contributed by atoms with Crippen LogP contribution in [0.25, 0.3) is 0 Å². The first kappa shape index (κ1) is 12.9. The highest BCUT2D eigenvalue weighted by atomic mass is 16.5. The van der Waals surface area contributed by atoms with Crippen molar-refractivity contribution in [2.24, 2.45) is 5.92 Å².